The topological polar surface area (TPSA) is 77.1 Å². The average Bonchev–Trinajstić information content (AvgIpc) is 3.23. The number of benzene rings is 3. The predicted molar refractivity (Wildman–Crippen MR) is 144 cm³/mol. The van der Waals surface area contributed by atoms with Crippen LogP contribution in [-0.4, -0.2) is 53.8 Å². The molecule has 4 rings (SSSR count). The molecule has 0 aromatic heterocycles. The number of sulfonamides is 1. The second kappa shape index (κ2) is 10.8. The first kappa shape index (κ1) is 26.4. The molecule has 1 saturated heterocycles. The van der Waals surface area contributed by atoms with Crippen molar-refractivity contribution in [3.05, 3.63) is 64.1 Å². The first-order valence-corrected chi connectivity index (χ1v) is 13.5. The molecule has 1 fully saturated rings. The largest absolute Gasteiger partial charge is 0.493 e. The van der Waals surface area contributed by atoms with E-state index in [1.54, 1.807) is 36.4 Å². The molecule has 0 saturated carbocycles. The summed E-state index contributed by atoms with van der Waals surface area (Å²) in [5.41, 5.74) is 2.27. The lowest BCUT2D eigenvalue weighted by Crippen LogP contribution is -2.21. The summed E-state index contributed by atoms with van der Waals surface area (Å²) >= 11 is 12.6. The van der Waals surface area contributed by atoms with Crippen molar-refractivity contribution in [2.75, 3.05) is 39.1 Å². The van der Waals surface area contributed by atoms with E-state index in [9.17, 15) is 8.42 Å². The van der Waals surface area contributed by atoms with Crippen LogP contribution in [0.25, 0.3) is 11.1 Å². The number of nitrogens with zero attached hydrogens (tertiary/aromatic N) is 1. The second-order valence-electron chi connectivity index (χ2n) is 8.76. The van der Waals surface area contributed by atoms with Crippen LogP contribution in [0.1, 0.15) is 12.0 Å². The molecule has 1 heterocycles. The standard InChI is InChI=1S/C26H28Cl2N2O5S/c1-16-9-17(11-18(27)10-16)21-13-24(33-3)25(34-4)14-26(21)36(31,32)29-19-5-6-22(28)23(12-19)35-20-7-8-30(2)15-20/h5-6,9-14,20,29H,7-8,15H2,1-4H3/t20-/m1/s1. The van der Waals surface area contributed by atoms with Gasteiger partial charge in [0.15, 0.2) is 11.5 Å². The molecule has 0 aliphatic carbocycles. The SMILES string of the molecule is COc1cc(-c2cc(C)cc(Cl)c2)c(S(=O)(=O)Nc2ccc(Cl)c(O[C@@H]3CCN(C)C3)c2)cc1OC. The monoisotopic (exact) mass is 550 g/mol. The number of anilines is 1. The van der Waals surface area contributed by atoms with Crippen LogP contribution in [-0.2, 0) is 10.0 Å². The Labute approximate surface area is 221 Å². The number of aryl methyl sites for hydroxylation is 1. The predicted octanol–water partition coefficient (Wildman–Crippen LogP) is 5.87. The molecule has 1 aliphatic rings. The van der Waals surface area contributed by atoms with Crippen LogP contribution in [0.4, 0.5) is 5.69 Å². The highest BCUT2D eigenvalue weighted by atomic mass is 35.5. The van der Waals surface area contributed by atoms with Crippen molar-refractivity contribution in [1.29, 1.82) is 0 Å². The average molecular weight is 551 g/mol. The van der Waals surface area contributed by atoms with Crippen molar-refractivity contribution in [2.24, 2.45) is 0 Å². The Morgan fingerprint density at radius 3 is 2.33 bits per heavy atom. The van der Waals surface area contributed by atoms with E-state index in [2.05, 4.69) is 9.62 Å². The summed E-state index contributed by atoms with van der Waals surface area (Å²) in [6.45, 7) is 3.60. The van der Waals surface area contributed by atoms with Gasteiger partial charge in [-0.1, -0.05) is 29.3 Å². The highest BCUT2D eigenvalue weighted by Crippen LogP contribution is 2.40. The quantitative estimate of drug-likeness (QED) is 0.378. The minimum Gasteiger partial charge on any atom is -0.493 e. The molecule has 36 heavy (non-hydrogen) atoms. The molecular weight excluding hydrogens is 523 g/mol. The van der Waals surface area contributed by atoms with Crippen molar-refractivity contribution < 1.29 is 22.6 Å². The van der Waals surface area contributed by atoms with Crippen molar-refractivity contribution in [1.82, 2.24) is 4.90 Å². The fourth-order valence-electron chi connectivity index (χ4n) is 4.24. The maximum Gasteiger partial charge on any atom is 0.262 e. The summed E-state index contributed by atoms with van der Waals surface area (Å²) in [5, 5.41) is 0.904. The van der Waals surface area contributed by atoms with E-state index in [1.165, 1.54) is 20.3 Å². The molecule has 192 valence electrons. The van der Waals surface area contributed by atoms with Gasteiger partial charge in [-0.2, -0.15) is 0 Å². The van der Waals surface area contributed by atoms with Gasteiger partial charge in [-0.25, -0.2) is 8.42 Å². The van der Waals surface area contributed by atoms with Gasteiger partial charge in [-0.3, -0.25) is 4.72 Å². The number of likely N-dealkylation sites (N-methyl/N-ethyl adjacent to an activating group) is 1. The van der Waals surface area contributed by atoms with Crippen LogP contribution in [0, 0.1) is 6.92 Å². The third kappa shape index (κ3) is 5.83. The molecule has 1 N–H and O–H groups in total. The van der Waals surface area contributed by atoms with E-state index in [0.717, 1.165) is 25.1 Å². The Bertz CT molecular complexity index is 1360. The minimum atomic E-state index is -4.08. The van der Waals surface area contributed by atoms with E-state index in [4.69, 9.17) is 37.4 Å². The highest BCUT2D eigenvalue weighted by Gasteiger charge is 2.25. The molecule has 0 unspecified atom stereocenters. The zero-order valence-corrected chi connectivity index (χ0v) is 22.8. The number of hydrogen-bond donors (Lipinski definition) is 1. The van der Waals surface area contributed by atoms with E-state index >= 15 is 0 Å². The summed E-state index contributed by atoms with van der Waals surface area (Å²) in [7, 11) is 0.896. The van der Waals surface area contributed by atoms with Crippen LogP contribution in [0.5, 0.6) is 17.2 Å². The number of methoxy groups -OCH3 is 2. The second-order valence-corrected chi connectivity index (χ2v) is 11.3. The molecule has 1 atom stereocenters. The molecule has 3 aromatic rings. The maximum absolute atomic E-state index is 13.7. The van der Waals surface area contributed by atoms with Gasteiger partial charge in [-0.05, 0) is 61.9 Å². The summed E-state index contributed by atoms with van der Waals surface area (Å²) in [4.78, 5) is 2.18. The minimum absolute atomic E-state index is 0.0108. The van der Waals surface area contributed by atoms with E-state index < -0.39 is 10.0 Å². The summed E-state index contributed by atoms with van der Waals surface area (Å²) in [6.07, 6.45) is 0.861. The zero-order chi connectivity index (χ0) is 26.0. The third-order valence-corrected chi connectivity index (χ3v) is 7.91. The summed E-state index contributed by atoms with van der Waals surface area (Å²) in [6, 6.07) is 13.2. The first-order chi connectivity index (χ1) is 17.1. The number of nitrogens with one attached hydrogen (secondary N) is 1. The Morgan fingerprint density at radius 2 is 1.69 bits per heavy atom. The molecule has 0 radical (unpaired) electrons. The molecule has 0 bridgehead atoms. The molecule has 0 spiro atoms. The van der Waals surface area contributed by atoms with Crippen LogP contribution in [0.3, 0.4) is 0 Å². The number of likely N-dealkylation sites (tertiary alicyclic amines) is 1. The lowest BCUT2D eigenvalue weighted by molar-refractivity contribution is 0.208. The zero-order valence-electron chi connectivity index (χ0n) is 20.5. The van der Waals surface area contributed by atoms with Gasteiger partial charge < -0.3 is 19.1 Å². The van der Waals surface area contributed by atoms with Crippen LogP contribution in [0.2, 0.25) is 10.0 Å². The number of halogens is 2. The normalized spacial score (nSPS) is 16.1. The number of hydrogen-bond acceptors (Lipinski definition) is 6. The third-order valence-electron chi connectivity index (χ3n) is 5.95. The molecule has 7 nitrogen and oxygen atoms in total. The van der Waals surface area contributed by atoms with Gasteiger partial charge in [0.2, 0.25) is 0 Å². The Balaban J connectivity index is 1.74. The van der Waals surface area contributed by atoms with Crippen molar-refractivity contribution in [2.45, 2.75) is 24.3 Å². The lowest BCUT2D eigenvalue weighted by Gasteiger charge is -2.18. The fourth-order valence-corrected chi connectivity index (χ4v) is 5.97. The van der Waals surface area contributed by atoms with Crippen molar-refractivity contribution >= 4 is 38.9 Å². The summed E-state index contributed by atoms with van der Waals surface area (Å²) in [5.74, 6) is 1.11. The van der Waals surface area contributed by atoms with E-state index in [0.29, 0.717) is 38.4 Å². The molecular formula is C26H28Cl2N2O5S. The van der Waals surface area contributed by atoms with Gasteiger partial charge in [0.25, 0.3) is 10.0 Å². The van der Waals surface area contributed by atoms with E-state index in [1.807, 2.05) is 20.0 Å². The van der Waals surface area contributed by atoms with Crippen LogP contribution < -0.4 is 18.9 Å². The van der Waals surface area contributed by atoms with Crippen molar-refractivity contribution in [3.63, 3.8) is 0 Å². The number of rotatable bonds is 8. The Hall–Kier alpha value is -2.65. The number of ether oxygens (including phenoxy) is 3. The van der Waals surface area contributed by atoms with Gasteiger partial charge in [-0.15, -0.1) is 0 Å². The first-order valence-electron chi connectivity index (χ1n) is 11.3. The molecule has 1 aliphatic heterocycles. The van der Waals surface area contributed by atoms with Gasteiger partial charge in [0.05, 0.1) is 29.8 Å². The summed E-state index contributed by atoms with van der Waals surface area (Å²) < 4.78 is 46.9. The van der Waals surface area contributed by atoms with Crippen LogP contribution in [0.15, 0.2) is 53.4 Å². The highest BCUT2D eigenvalue weighted by molar-refractivity contribution is 7.92. The lowest BCUT2D eigenvalue weighted by atomic mass is 10.0. The Kier molecular flexibility index (Phi) is 7.90. The van der Waals surface area contributed by atoms with Gasteiger partial charge in [0.1, 0.15) is 11.9 Å². The smallest absolute Gasteiger partial charge is 0.262 e. The van der Waals surface area contributed by atoms with Crippen LogP contribution >= 0.6 is 23.2 Å². The van der Waals surface area contributed by atoms with E-state index in [-0.39, 0.29) is 16.7 Å². The van der Waals surface area contributed by atoms with Gasteiger partial charge >= 0.3 is 0 Å². The van der Waals surface area contributed by atoms with Gasteiger partial charge in [0, 0.05) is 35.8 Å². The maximum atomic E-state index is 13.7. The molecule has 3 aromatic carbocycles. The van der Waals surface area contributed by atoms with Crippen molar-refractivity contribution in [3.8, 4) is 28.4 Å². The molecule has 0 amide bonds. The fraction of sp³-hybridized carbons (Fsp3) is 0.308. The molecule has 10 heteroatoms. The Morgan fingerprint density at radius 1 is 0.972 bits per heavy atom.